The molecular formula is C16H24ClNO2. The number of carbonyl (C=O) groups excluding carboxylic acids is 1. The lowest BCUT2D eigenvalue weighted by Crippen LogP contribution is -2.47. The van der Waals surface area contributed by atoms with Crippen LogP contribution in [0.4, 0.5) is 0 Å². The van der Waals surface area contributed by atoms with Crippen LogP contribution in [0.2, 0.25) is 5.02 Å². The van der Waals surface area contributed by atoms with Gasteiger partial charge in [0.05, 0.1) is 0 Å². The Morgan fingerprint density at radius 3 is 2.15 bits per heavy atom. The number of amides is 1. The molecule has 1 aromatic rings. The molecule has 0 aliphatic rings. The molecule has 1 atom stereocenters. The van der Waals surface area contributed by atoms with E-state index in [1.54, 1.807) is 24.3 Å². The first-order valence-corrected chi connectivity index (χ1v) is 7.14. The predicted octanol–water partition coefficient (Wildman–Crippen LogP) is 3.70. The molecule has 1 aromatic carbocycles. The van der Waals surface area contributed by atoms with Crippen LogP contribution < -0.4 is 5.32 Å². The van der Waals surface area contributed by atoms with Gasteiger partial charge >= 0.3 is 0 Å². The summed E-state index contributed by atoms with van der Waals surface area (Å²) in [5.74, 6) is -0.387. The first-order valence-electron chi connectivity index (χ1n) is 6.76. The summed E-state index contributed by atoms with van der Waals surface area (Å²) in [6.07, 6.45) is -0.356. The topological polar surface area (TPSA) is 49.3 Å². The van der Waals surface area contributed by atoms with Crippen LogP contribution in [-0.4, -0.2) is 16.6 Å². The molecule has 20 heavy (non-hydrogen) atoms. The normalized spacial score (nSPS) is 13.9. The van der Waals surface area contributed by atoms with Gasteiger partial charge in [-0.2, -0.15) is 0 Å². The molecule has 0 aliphatic heterocycles. The zero-order valence-electron chi connectivity index (χ0n) is 12.8. The van der Waals surface area contributed by atoms with Crippen LogP contribution in [-0.2, 0) is 4.79 Å². The summed E-state index contributed by atoms with van der Waals surface area (Å²) in [6, 6.07) is 6.63. The Kier molecular flexibility index (Phi) is 5.22. The van der Waals surface area contributed by atoms with Gasteiger partial charge in [0.2, 0.25) is 0 Å². The maximum absolute atomic E-state index is 12.1. The van der Waals surface area contributed by atoms with Gasteiger partial charge in [-0.15, -0.1) is 0 Å². The molecule has 1 unspecified atom stereocenters. The number of nitrogens with one attached hydrogen (secondary N) is 1. The summed E-state index contributed by atoms with van der Waals surface area (Å²) >= 11 is 5.79. The van der Waals surface area contributed by atoms with Gasteiger partial charge in [-0.1, -0.05) is 44.5 Å². The number of benzene rings is 1. The molecule has 0 saturated heterocycles. The highest BCUT2D eigenvalue weighted by Crippen LogP contribution is 2.27. The summed E-state index contributed by atoms with van der Waals surface area (Å²) in [7, 11) is 0. The van der Waals surface area contributed by atoms with Gasteiger partial charge in [0.1, 0.15) is 0 Å². The fourth-order valence-electron chi connectivity index (χ4n) is 2.57. The lowest BCUT2D eigenvalue weighted by Gasteiger charge is -2.34. The molecule has 0 bridgehead atoms. The summed E-state index contributed by atoms with van der Waals surface area (Å²) in [5.41, 5.74) is 0.267. The second kappa shape index (κ2) is 6.15. The van der Waals surface area contributed by atoms with Gasteiger partial charge in [-0.3, -0.25) is 4.79 Å². The Morgan fingerprint density at radius 2 is 1.70 bits per heavy atom. The fourth-order valence-corrected chi connectivity index (χ4v) is 2.69. The lowest BCUT2D eigenvalue weighted by atomic mass is 9.81. The minimum atomic E-state index is -1.17. The minimum Gasteiger partial charge on any atom is -0.378 e. The molecule has 0 aliphatic carbocycles. The Morgan fingerprint density at radius 1 is 1.20 bits per heavy atom. The molecule has 2 N–H and O–H groups in total. The van der Waals surface area contributed by atoms with E-state index in [0.717, 1.165) is 6.42 Å². The number of hydrogen-bond donors (Lipinski definition) is 2. The molecule has 1 rings (SSSR count). The highest BCUT2D eigenvalue weighted by molar-refractivity contribution is 6.30. The van der Waals surface area contributed by atoms with E-state index in [0.29, 0.717) is 10.6 Å². The van der Waals surface area contributed by atoms with Crippen molar-refractivity contribution >= 4 is 17.5 Å². The van der Waals surface area contributed by atoms with Gasteiger partial charge in [-0.05, 0) is 43.4 Å². The Labute approximate surface area is 126 Å². The monoisotopic (exact) mass is 297 g/mol. The lowest BCUT2D eigenvalue weighted by molar-refractivity contribution is -0.131. The van der Waals surface area contributed by atoms with Crippen LogP contribution in [0.5, 0.6) is 0 Å². The Bertz CT molecular complexity index is 460. The first kappa shape index (κ1) is 17.0. The highest BCUT2D eigenvalue weighted by Gasteiger charge is 2.29. The molecule has 112 valence electrons. The number of halogens is 1. The average Bonchev–Trinajstić information content (AvgIpc) is 2.24. The SMILES string of the molecule is CC(C)(C)CC(C)(C)NC(=O)C(O)c1ccc(Cl)cc1. The van der Waals surface area contributed by atoms with Gasteiger partial charge in [0.15, 0.2) is 6.10 Å². The van der Waals surface area contributed by atoms with Crippen molar-refractivity contribution in [1.29, 1.82) is 0 Å². The largest absolute Gasteiger partial charge is 0.378 e. The van der Waals surface area contributed by atoms with Crippen LogP contribution in [0, 0.1) is 5.41 Å². The summed E-state index contributed by atoms with van der Waals surface area (Å²) in [6.45, 7) is 10.3. The van der Waals surface area contributed by atoms with Crippen molar-refractivity contribution in [3.05, 3.63) is 34.9 Å². The molecule has 0 heterocycles. The van der Waals surface area contributed by atoms with Crippen molar-refractivity contribution in [2.75, 3.05) is 0 Å². The zero-order valence-corrected chi connectivity index (χ0v) is 13.6. The third kappa shape index (κ3) is 5.51. The van der Waals surface area contributed by atoms with Gasteiger partial charge in [-0.25, -0.2) is 0 Å². The summed E-state index contributed by atoms with van der Waals surface area (Å²) < 4.78 is 0. The van der Waals surface area contributed by atoms with E-state index in [9.17, 15) is 9.90 Å². The van der Waals surface area contributed by atoms with Crippen molar-refractivity contribution in [1.82, 2.24) is 5.32 Å². The van der Waals surface area contributed by atoms with Crippen molar-refractivity contribution in [3.8, 4) is 0 Å². The molecule has 0 fully saturated rings. The third-order valence-corrected chi connectivity index (χ3v) is 3.12. The predicted molar refractivity (Wildman–Crippen MR) is 82.7 cm³/mol. The minimum absolute atomic E-state index is 0.0992. The fraction of sp³-hybridized carbons (Fsp3) is 0.562. The second-order valence-electron chi connectivity index (χ2n) is 7.06. The van der Waals surface area contributed by atoms with E-state index in [4.69, 9.17) is 11.6 Å². The molecule has 0 spiro atoms. The molecule has 0 saturated carbocycles. The highest BCUT2D eigenvalue weighted by atomic mass is 35.5. The van der Waals surface area contributed by atoms with Crippen LogP contribution in [0.25, 0.3) is 0 Å². The van der Waals surface area contributed by atoms with Gasteiger partial charge < -0.3 is 10.4 Å². The number of aliphatic hydroxyl groups excluding tert-OH is 1. The van der Waals surface area contributed by atoms with E-state index >= 15 is 0 Å². The zero-order chi connectivity index (χ0) is 15.6. The maximum Gasteiger partial charge on any atom is 0.253 e. The third-order valence-electron chi connectivity index (χ3n) is 2.87. The smallest absolute Gasteiger partial charge is 0.253 e. The molecule has 3 nitrogen and oxygen atoms in total. The standard InChI is InChI=1S/C16H24ClNO2/c1-15(2,3)10-16(4,5)18-14(20)13(19)11-6-8-12(17)9-7-11/h6-9,13,19H,10H2,1-5H3,(H,18,20). The van der Waals surface area contributed by atoms with E-state index in [2.05, 4.69) is 26.1 Å². The molecule has 1 amide bonds. The van der Waals surface area contributed by atoms with Crippen LogP contribution in [0.1, 0.15) is 52.7 Å². The van der Waals surface area contributed by atoms with Crippen molar-refractivity contribution in [2.24, 2.45) is 5.41 Å². The van der Waals surface area contributed by atoms with Crippen molar-refractivity contribution in [2.45, 2.75) is 52.7 Å². The summed E-state index contributed by atoms with van der Waals surface area (Å²) in [5, 5.41) is 13.6. The van der Waals surface area contributed by atoms with Crippen molar-refractivity contribution < 1.29 is 9.90 Å². The van der Waals surface area contributed by atoms with E-state index in [-0.39, 0.29) is 16.9 Å². The Hall–Kier alpha value is -1.06. The van der Waals surface area contributed by atoms with Gasteiger partial charge in [0.25, 0.3) is 5.91 Å². The molecular weight excluding hydrogens is 274 g/mol. The number of carbonyl (C=O) groups is 1. The average molecular weight is 298 g/mol. The first-order chi connectivity index (χ1) is 9.00. The molecule has 0 radical (unpaired) electrons. The van der Waals surface area contributed by atoms with E-state index in [1.807, 2.05) is 13.8 Å². The Balaban J connectivity index is 2.73. The van der Waals surface area contributed by atoms with Crippen LogP contribution in [0.15, 0.2) is 24.3 Å². The molecule has 0 aromatic heterocycles. The van der Waals surface area contributed by atoms with E-state index < -0.39 is 6.10 Å². The molecule has 4 heteroatoms. The number of aliphatic hydroxyl groups is 1. The number of rotatable bonds is 4. The van der Waals surface area contributed by atoms with Crippen LogP contribution >= 0.6 is 11.6 Å². The van der Waals surface area contributed by atoms with Crippen molar-refractivity contribution in [3.63, 3.8) is 0 Å². The maximum atomic E-state index is 12.1. The number of hydrogen-bond acceptors (Lipinski definition) is 2. The van der Waals surface area contributed by atoms with E-state index in [1.165, 1.54) is 0 Å². The van der Waals surface area contributed by atoms with Crippen LogP contribution in [0.3, 0.4) is 0 Å². The quantitative estimate of drug-likeness (QED) is 0.890. The summed E-state index contributed by atoms with van der Waals surface area (Å²) in [4.78, 5) is 12.1. The van der Waals surface area contributed by atoms with Gasteiger partial charge in [0, 0.05) is 10.6 Å². The second-order valence-corrected chi connectivity index (χ2v) is 7.50.